The first kappa shape index (κ1) is 20.2. The molecule has 1 fully saturated rings. The minimum atomic E-state index is -0.0182. The Bertz CT molecular complexity index is 838. The van der Waals surface area contributed by atoms with Crippen molar-refractivity contribution in [3.63, 3.8) is 0 Å². The van der Waals surface area contributed by atoms with Crippen LogP contribution in [-0.4, -0.2) is 37.1 Å². The highest BCUT2D eigenvalue weighted by atomic mass is 16.2. The number of aryl methyl sites for hydroxylation is 3. The largest absolute Gasteiger partial charge is 0.368 e. The van der Waals surface area contributed by atoms with Gasteiger partial charge >= 0.3 is 6.03 Å². The molecule has 2 aromatic carbocycles. The minimum Gasteiger partial charge on any atom is -0.368 e. The summed E-state index contributed by atoms with van der Waals surface area (Å²) in [5, 5.41) is 3.20. The Kier molecular flexibility index (Phi) is 5.69. The number of carbonyl (C=O) groups is 1. The number of nitrogens with one attached hydrogen (secondary N) is 1. The van der Waals surface area contributed by atoms with Gasteiger partial charge in [0, 0.05) is 37.6 Å². The van der Waals surface area contributed by atoms with E-state index < -0.39 is 0 Å². The van der Waals surface area contributed by atoms with Crippen LogP contribution in [0.1, 0.15) is 43.0 Å². The van der Waals surface area contributed by atoms with E-state index in [0.29, 0.717) is 0 Å². The summed E-state index contributed by atoms with van der Waals surface area (Å²) in [5.41, 5.74) is 7.13. The summed E-state index contributed by atoms with van der Waals surface area (Å²) in [6.07, 6.45) is 0. The van der Waals surface area contributed by atoms with Crippen molar-refractivity contribution in [1.29, 1.82) is 0 Å². The third-order valence-corrected chi connectivity index (χ3v) is 5.64. The zero-order valence-electron chi connectivity index (χ0n) is 18.1. The quantitative estimate of drug-likeness (QED) is 0.772. The average molecular weight is 380 g/mol. The van der Waals surface area contributed by atoms with Crippen molar-refractivity contribution in [2.24, 2.45) is 0 Å². The molecule has 1 aliphatic heterocycles. The monoisotopic (exact) mass is 379 g/mol. The van der Waals surface area contributed by atoms with Crippen molar-refractivity contribution in [1.82, 2.24) is 4.90 Å². The van der Waals surface area contributed by atoms with Gasteiger partial charge in [0.2, 0.25) is 0 Å². The molecule has 0 unspecified atom stereocenters. The fourth-order valence-electron chi connectivity index (χ4n) is 4.08. The van der Waals surface area contributed by atoms with Gasteiger partial charge < -0.3 is 15.1 Å². The number of carbonyl (C=O) groups excluding carboxylic acids is 1. The highest BCUT2D eigenvalue weighted by molar-refractivity contribution is 5.91. The predicted molar refractivity (Wildman–Crippen MR) is 119 cm³/mol. The summed E-state index contributed by atoms with van der Waals surface area (Å²) < 4.78 is 0. The molecule has 4 heteroatoms. The molecule has 28 heavy (non-hydrogen) atoms. The van der Waals surface area contributed by atoms with Gasteiger partial charge in [-0.05, 0) is 48.4 Å². The van der Waals surface area contributed by atoms with Gasteiger partial charge in [-0.15, -0.1) is 0 Å². The van der Waals surface area contributed by atoms with E-state index in [9.17, 15) is 4.79 Å². The number of urea groups is 1. The van der Waals surface area contributed by atoms with Crippen LogP contribution in [0.15, 0.2) is 36.4 Å². The van der Waals surface area contributed by atoms with Crippen LogP contribution in [0.4, 0.5) is 16.2 Å². The van der Waals surface area contributed by atoms with Gasteiger partial charge in [0.15, 0.2) is 0 Å². The van der Waals surface area contributed by atoms with Gasteiger partial charge in [0.05, 0.1) is 0 Å². The number of piperazine rings is 1. The van der Waals surface area contributed by atoms with Gasteiger partial charge in [0.25, 0.3) is 0 Å². The van der Waals surface area contributed by atoms with Crippen molar-refractivity contribution in [3.8, 4) is 0 Å². The molecule has 1 saturated heterocycles. The number of nitrogens with zero attached hydrogens (tertiary/aromatic N) is 2. The van der Waals surface area contributed by atoms with Crippen LogP contribution < -0.4 is 10.2 Å². The zero-order valence-corrected chi connectivity index (χ0v) is 18.1. The minimum absolute atomic E-state index is 0.000885. The summed E-state index contributed by atoms with van der Waals surface area (Å²) in [6.45, 7) is 16.1. The zero-order chi connectivity index (χ0) is 20.5. The second-order valence-corrected chi connectivity index (χ2v) is 8.89. The topological polar surface area (TPSA) is 35.6 Å². The maximum atomic E-state index is 13.0. The van der Waals surface area contributed by atoms with Crippen LogP contribution in [-0.2, 0) is 5.41 Å². The Morgan fingerprint density at radius 3 is 1.96 bits per heavy atom. The Labute approximate surface area is 169 Å². The Morgan fingerprint density at radius 2 is 1.39 bits per heavy atom. The van der Waals surface area contributed by atoms with Crippen molar-refractivity contribution in [2.45, 2.75) is 47.0 Å². The predicted octanol–water partition coefficient (Wildman–Crippen LogP) is 5.26. The molecule has 0 aromatic heterocycles. The average Bonchev–Trinajstić information content (AvgIpc) is 2.63. The summed E-state index contributed by atoms with van der Waals surface area (Å²) in [6, 6.07) is 12.7. The van der Waals surface area contributed by atoms with E-state index in [1.165, 1.54) is 22.4 Å². The Hall–Kier alpha value is -2.49. The van der Waals surface area contributed by atoms with Gasteiger partial charge in [0.1, 0.15) is 0 Å². The number of benzene rings is 2. The van der Waals surface area contributed by atoms with Gasteiger partial charge in [-0.25, -0.2) is 4.79 Å². The first-order chi connectivity index (χ1) is 13.2. The molecule has 0 bridgehead atoms. The van der Waals surface area contributed by atoms with Crippen LogP contribution in [0.25, 0.3) is 0 Å². The molecule has 0 saturated carbocycles. The van der Waals surface area contributed by atoms with E-state index in [1.807, 2.05) is 4.90 Å². The lowest BCUT2D eigenvalue weighted by Crippen LogP contribution is -2.50. The maximum Gasteiger partial charge on any atom is 0.321 e. The number of para-hydroxylation sites is 2. The molecule has 0 atom stereocenters. The Balaban J connectivity index is 1.70. The first-order valence-electron chi connectivity index (χ1n) is 10.2. The van der Waals surface area contributed by atoms with E-state index in [2.05, 4.69) is 88.2 Å². The summed E-state index contributed by atoms with van der Waals surface area (Å²) in [5.74, 6) is 0. The highest BCUT2D eigenvalue weighted by Gasteiger charge is 2.25. The van der Waals surface area contributed by atoms with E-state index in [1.54, 1.807) is 0 Å². The van der Waals surface area contributed by atoms with Crippen LogP contribution in [0.3, 0.4) is 0 Å². The van der Waals surface area contributed by atoms with Crippen LogP contribution in [0.5, 0.6) is 0 Å². The standard InChI is InChI=1S/C24H33N3O/c1-17-9-8-12-20(24(4,5)6)21(17)25-23(28)27-15-13-26(14-16-27)22-18(2)10-7-11-19(22)3/h7-12H,13-16H2,1-6H3,(H,25,28). The molecule has 1 N–H and O–H groups in total. The molecule has 1 heterocycles. The highest BCUT2D eigenvalue weighted by Crippen LogP contribution is 2.32. The van der Waals surface area contributed by atoms with Crippen molar-refractivity contribution < 1.29 is 4.79 Å². The molecule has 0 spiro atoms. The molecule has 0 aliphatic carbocycles. The first-order valence-corrected chi connectivity index (χ1v) is 10.2. The lowest BCUT2D eigenvalue weighted by Gasteiger charge is -2.37. The SMILES string of the molecule is Cc1cccc(C(C)(C)C)c1NC(=O)N1CCN(c2c(C)cccc2C)CC1. The van der Waals surface area contributed by atoms with E-state index in [-0.39, 0.29) is 11.4 Å². The van der Waals surface area contributed by atoms with Crippen LogP contribution >= 0.6 is 0 Å². The molecular weight excluding hydrogens is 346 g/mol. The molecule has 3 rings (SSSR count). The summed E-state index contributed by atoms with van der Waals surface area (Å²) in [7, 11) is 0. The molecule has 1 aliphatic rings. The molecular formula is C24H33N3O. The van der Waals surface area contributed by atoms with Crippen LogP contribution in [0.2, 0.25) is 0 Å². The molecule has 4 nitrogen and oxygen atoms in total. The Morgan fingerprint density at radius 1 is 0.857 bits per heavy atom. The fourth-order valence-corrected chi connectivity index (χ4v) is 4.08. The maximum absolute atomic E-state index is 13.0. The van der Waals surface area contributed by atoms with Crippen molar-refractivity contribution in [2.75, 3.05) is 36.4 Å². The second-order valence-electron chi connectivity index (χ2n) is 8.89. The molecule has 2 amide bonds. The van der Waals surface area contributed by atoms with E-state index >= 15 is 0 Å². The van der Waals surface area contributed by atoms with Gasteiger partial charge in [-0.1, -0.05) is 57.2 Å². The lowest BCUT2D eigenvalue weighted by atomic mass is 9.84. The second kappa shape index (κ2) is 7.86. The summed E-state index contributed by atoms with van der Waals surface area (Å²) in [4.78, 5) is 17.3. The van der Waals surface area contributed by atoms with Crippen molar-refractivity contribution >= 4 is 17.4 Å². The number of rotatable bonds is 2. The molecule has 150 valence electrons. The van der Waals surface area contributed by atoms with Crippen molar-refractivity contribution in [3.05, 3.63) is 58.7 Å². The molecule has 2 aromatic rings. The third-order valence-electron chi connectivity index (χ3n) is 5.64. The van der Waals surface area contributed by atoms with E-state index in [4.69, 9.17) is 0 Å². The van der Waals surface area contributed by atoms with E-state index in [0.717, 1.165) is 37.4 Å². The smallest absolute Gasteiger partial charge is 0.321 e. The number of amides is 2. The third kappa shape index (κ3) is 4.16. The fraction of sp³-hybridized carbons (Fsp3) is 0.458. The number of hydrogen-bond acceptors (Lipinski definition) is 2. The lowest BCUT2D eigenvalue weighted by molar-refractivity contribution is 0.208. The van der Waals surface area contributed by atoms with Gasteiger partial charge in [-0.3, -0.25) is 0 Å². The number of anilines is 2. The summed E-state index contributed by atoms with van der Waals surface area (Å²) >= 11 is 0. The normalized spacial score (nSPS) is 14.9. The van der Waals surface area contributed by atoms with Gasteiger partial charge in [-0.2, -0.15) is 0 Å². The molecule has 0 radical (unpaired) electrons. The number of hydrogen-bond donors (Lipinski definition) is 1. The van der Waals surface area contributed by atoms with Crippen LogP contribution in [0, 0.1) is 20.8 Å².